The van der Waals surface area contributed by atoms with E-state index in [1.807, 2.05) is 24.8 Å². The van der Waals surface area contributed by atoms with E-state index in [1.165, 1.54) is 10.9 Å². The first-order chi connectivity index (χ1) is 20.0. The second-order valence-corrected chi connectivity index (χ2v) is 14.3. The maximum Gasteiger partial charge on any atom is 0.279 e. The van der Waals surface area contributed by atoms with Gasteiger partial charge in [-0.05, 0) is 77.3 Å². The summed E-state index contributed by atoms with van der Waals surface area (Å²) in [6.07, 6.45) is 4.65. The van der Waals surface area contributed by atoms with Crippen LogP contribution in [0.1, 0.15) is 58.1 Å². The van der Waals surface area contributed by atoms with Crippen LogP contribution >= 0.6 is 15.9 Å². The monoisotopic (exact) mass is 637 g/mol. The molecule has 0 radical (unpaired) electrons. The van der Waals surface area contributed by atoms with Gasteiger partial charge in [0.15, 0.2) is 6.23 Å². The third kappa shape index (κ3) is 3.97. The fraction of sp³-hybridized carbons (Fsp3) is 0.594. The number of halogens is 1. The van der Waals surface area contributed by atoms with Crippen molar-refractivity contribution in [1.82, 2.24) is 25.0 Å². The number of nitrogens with one attached hydrogen (secondary N) is 2. The molecular formula is C32H40BrN5O4. The molecule has 0 bridgehead atoms. The van der Waals surface area contributed by atoms with Crippen molar-refractivity contribution in [3.05, 3.63) is 40.0 Å². The van der Waals surface area contributed by atoms with Gasteiger partial charge in [0.25, 0.3) is 5.91 Å². The number of carbonyl (C=O) groups excluding carboxylic acids is 3. The van der Waals surface area contributed by atoms with Gasteiger partial charge in [0.1, 0.15) is 6.04 Å². The molecule has 5 aliphatic rings. The van der Waals surface area contributed by atoms with Crippen LogP contribution in [0, 0.1) is 17.8 Å². The van der Waals surface area contributed by atoms with Gasteiger partial charge in [-0.2, -0.15) is 0 Å². The second kappa shape index (κ2) is 9.92. The molecule has 4 aliphatic heterocycles. The second-order valence-electron chi connectivity index (χ2n) is 13.5. The van der Waals surface area contributed by atoms with Crippen LogP contribution in [0.3, 0.4) is 0 Å². The van der Waals surface area contributed by atoms with Crippen LogP contribution in [0.15, 0.2) is 28.9 Å². The molecule has 6 atom stereocenters. The molecule has 3 saturated heterocycles. The number of likely N-dealkylation sites (N-methyl/N-ethyl adjacent to an activating group) is 1. The van der Waals surface area contributed by atoms with E-state index in [-0.39, 0.29) is 41.6 Å². The van der Waals surface area contributed by atoms with Crippen molar-refractivity contribution in [1.29, 1.82) is 0 Å². The van der Waals surface area contributed by atoms with E-state index in [0.717, 1.165) is 40.5 Å². The van der Waals surface area contributed by atoms with Gasteiger partial charge in [0.2, 0.25) is 17.5 Å². The highest BCUT2D eigenvalue weighted by molar-refractivity contribution is 9.10. The molecule has 0 spiro atoms. The highest BCUT2D eigenvalue weighted by Crippen LogP contribution is 2.45. The number of ether oxygens (including phenoxy) is 1. The molecule has 1 aromatic carbocycles. The number of amides is 3. The molecule has 42 heavy (non-hydrogen) atoms. The van der Waals surface area contributed by atoms with Crippen LogP contribution in [0.5, 0.6) is 0 Å². The number of nitrogens with zero attached hydrogens (tertiary/aromatic N) is 3. The normalized spacial score (nSPS) is 32.5. The summed E-state index contributed by atoms with van der Waals surface area (Å²) in [6, 6.07) is 5.67. The maximum atomic E-state index is 14.4. The highest BCUT2D eigenvalue weighted by Gasteiger charge is 2.64. The Bertz CT molecular complexity index is 1520. The minimum atomic E-state index is -1.52. The molecule has 7 rings (SSSR count). The zero-order chi connectivity index (χ0) is 29.7. The van der Waals surface area contributed by atoms with Gasteiger partial charge in [-0.25, -0.2) is 0 Å². The molecule has 0 saturated carbocycles. The molecule has 224 valence electrons. The molecule has 3 fully saturated rings. The van der Waals surface area contributed by atoms with Crippen molar-refractivity contribution in [2.45, 2.75) is 83.5 Å². The van der Waals surface area contributed by atoms with Crippen LogP contribution in [0.4, 0.5) is 0 Å². The van der Waals surface area contributed by atoms with Crippen LogP contribution in [0.2, 0.25) is 0 Å². The minimum Gasteiger partial charge on any atom is -0.349 e. The number of hydrogen-bond donors (Lipinski definition) is 2. The SMILES string of the molecule is CC(C)C[C@@H]1C(=O)N2CCC[C@@H]2[C@@H]2O[C@](NC(=O)[C@@H]3C=C4c5cccc6[nH]c(Br)c(c56)C[C@@H]4N(C)C3)(C(C)C)C(=O)N12. The number of fused-ring (bicyclic) bond motifs is 5. The van der Waals surface area contributed by atoms with E-state index in [1.54, 1.807) is 4.90 Å². The molecule has 3 amide bonds. The van der Waals surface area contributed by atoms with E-state index >= 15 is 0 Å². The zero-order valence-electron chi connectivity index (χ0n) is 24.9. The quantitative estimate of drug-likeness (QED) is 0.519. The summed E-state index contributed by atoms with van der Waals surface area (Å²) in [5.41, 5.74) is 3.12. The molecular weight excluding hydrogens is 598 g/mol. The Kier molecular flexibility index (Phi) is 6.64. The number of H-pyrrole nitrogens is 1. The number of aromatic amines is 1. The number of rotatable bonds is 5. The molecule has 2 aromatic rings. The molecule has 1 aliphatic carbocycles. The van der Waals surface area contributed by atoms with Crippen molar-refractivity contribution < 1.29 is 19.1 Å². The third-order valence-electron chi connectivity index (χ3n) is 10.2. The molecule has 2 N–H and O–H groups in total. The Morgan fingerprint density at radius 3 is 2.76 bits per heavy atom. The summed E-state index contributed by atoms with van der Waals surface area (Å²) in [5.74, 6) is -1.06. The highest BCUT2D eigenvalue weighted by atomic mass is 79.9. The standard InChI is InChI=1S/C32H40BrN5O4/c1-16(2)12-25-29(40)37-11-7-10-23(37)30-38(25)31(41)32(42-30,17(3)4)35-28(39)18-13-20-19-8-6-9-22-26(19)21(27(33)34-22)14-24(20)36(5)15-18/h6,8-9,13,16-18,23-25,30,34H,7,10-12,14-15H2,1-5H3,(H,35,39)/t18-,23-,24+,25-,30+,32-/m1/s1. The first kappa shape index (κ1) is 28.1. The summed E-state index contributed by atoms with van der Waals surface area (Å²) >= 11 is 3.72. The Morgan fingerprint density at radius 2 is 2.02 bits per heavy atom. The van der Waals surface area contributed by atoms with E-state index in [2.05, 4.69) is 70.2 Å². The molecule has 5 heterocycles. The van der Waals surface area contributed by atoms with Crippen molar-refractivity contribution in [3.8, 4) is 0 Å². The predicted molar refractivity (Wildman–Crippen MR) is 163 cm³/mol. The molecule has 1 aromatic heterocycles. The minimum absolute atomic E-state index is 0.0113. The van der Waals surface area contributed by atoms with E-state index < -0.39 is 23.9 Å². The summed E-state index contributed by atoms with van der Waals surface area (Å²) in [6.45, 7) is 9.19. The number of benzene rings is 1. The van der Waals surface area contributed by atoms with Gasteiger partial charge < -0.3 is 19.9 Å². The largest absolute Gasteiger partial charge is 0.349 e. The zero-order valence-corrected chi connectivity index (χ0v) is 26.5. The Balaban J connectivity index is 1.23. The van der Waals surface area contributed by atoms with E-state index in [9.17, 15) is 14.4 Å². The Morgan fingerprint density at radius 1 is 1.24 bits per heavy atom. The van der Waals surface area contributed by atoms with Gasteiger partial charge >= 0.3 is 0 Å². The average Bonchev–Trinajstić information content (AvgIpc) is 3.63. The van der Waals surface area contributed by atoms with Crippen molar-refractivity contribution in [2.24, 2.45) is 17.8 Å². The van der Waals surface area contributed by atoms with Gasteiger partial charge in [0.05, 0.1) is 16.6 Å². The predicted octanol–water partition coefficient (Wildman–Crippen LogP) is 3.87. The van der Waals surface area contributed by atoms with Gasteiger partial charge in [-0.1, -0.05) is 45.9 Å². The molecule has 0 unspecified atom stereocenters. The lowest BCUT2D eigenvalue weighted by Gasteiger charge is -2.44. The number of aromatic nitrogens is 1. The summed E-state index contributed by atoms with van der Waals surface area (Å²) in [4.78, 5) is 51.4. The number of piperazine rings is 1. The van der Waals surface area contributed by atoms with Crippen LogP contribution in [-0.2, 0) is 25.5 Å². The van der Waals surface area contributed by atoms with Crippen molar-refractivity contribution >= 4 is 50.1 Å². The van der Waals surface area contributed by atoms with Crippen LogP contribution in [0.25, 0.3) is 16.5 Å². The van der Waals surface area contributed by atoms with Crippen LogP contribution < -0.4 is 5.32 Å². The summed E-state index contributed by atoms with van der Waals surface area (Å²) in [5, 5.41) is 4.34. The lowest BCUT2D eigenvalue weighted by molar-refractivity contribution is -0.172. The fourth-order valence-corrected chi connectivity index (χ4v) is 8.64. The van der Waals surface area contributed by atoms with Gasteiger partial charge in [0, 0.05) is 36.0 Å². The van der Waals surface area contributed by atoms with E-state index in [0.29, 0.717) is 19.5 Å². The number of hydrogen-bond acceptors (Lipinski definition) is 5. The van der Waals surface area contributed by atoms with Gasteiger partial charge in [-0.3, -0.25) is 24.2 Å². The fourth-order valence-electron chi connectivity index (χ4n) is 8.07. The first-order valence-corrected chi connectivity index (χ1v) is 16.2. The van der Waals surface area contributed by atoms with Crippen molar-refractivity contribution in [2.75, 3.05) is 20.1 Å². The summed E-state index contributed by atoms with van der Waals surface area (Å²) < 4.78 is 7.71. The summed E-state index contributed by atoms with van der Waals surface area (Å²) in [7, 11) is 2.07. The maximum absolute atomic E-state index is 14.4. The topological polar surface area (TPSA) is 98.0 Å². The molecule has 9 nitrogen and oxygen atoms in total. The lowest BCUT2D eigenvalue weighted by atomic mass is 9.79. The Hall–Kier alpha value is -2.69. The van der Waals surface area contributed by atoms with Gasteiger partial charge in [-0.15, -0.1) is 0 Å². The van der Waals surface area contributed by atoms with Crippen LogP contribution in [-0.4, -0.2) is 87.6 Å². The van der Waals surface area contributed by atoms with Crippen molar-refractivity contribution in [3.63, 3.8) is 0 Å². The third-order valence-corrected chi connectivity index (χ3v) is 10.8. The number of carbonyl (C=O) groups is 3. The molecule has 10 heteroatoms. The van der Waals surface area contributed by atoms with E-state index in [4.69, 9.17) is 4.74 Å². The first-order valence-electron chi connectivity index (χ1n) is 15.4. The smallest absolute Gasteiger partial charge is 0.279 e. The Labute approximate surface area is 255 Å². The lowest BCUT2D eigenvalue weighted by Crippen LogP contribution is -2.65. The average molecular weight is 639 g/mol.